The second kappa shape index (κ2) is 14.5. The second-order valence-corrected chi connectivity index (χ2v) is 10.8. The van der Waals surface area contributed by atoms with Gasteiger partial charge in [0.1, 0.15) is 12.4 Å². The monoisotopic (exact) mass is 541 g/mol. The van der Waals surface area contributed by atoms with Crippen molar-refractivity contribution in [2.45, 2.75) is 36.5 Å². The molecule has 3 rings (SSSR count). The van der Waals surface area contributed by atoms with Crippen LogP contribution in [-0.4, -0.2) is 37.5 Å². The lowest BCUT2D eigenvalue weighted by Gasteiger charge is -2.25. The molecule has 7 nitrogen and oxygen atoms in total. The van der Waals surface area contributed by atoms with Crippen molar-refractivity contribution in [3.63, 3.8) is 0 Å². The van der Waals surface area contributed by atoms with Crippen molar-refractivity contribution in [1.82, 2.24) is 5.32 Å². The van der Waals surface area contributed by atoms with Crippen LogP contribution in [0, 0.1) is 0 Å². The fourth-order valence-electron chi connectivity index (χ4n) is 3.59. The molecule has 2 unspecified atom stereocenters. The van der Waals surface area contributed by atoms with Gasteiger partial charge in [0.25, 0.3) is 10.1 Å². The van der Waals surface area contributed by atoms with Crippen LogP contribution in [0.1, 0.15) is 23.1 Å². The van der Waals surface area contributed by atoms with E-state index in [0.29, 0.717) is 17.6 Å². The molecular formula is C28H31NO6S2. The highest BCUT2D eigenvalue weighted by molar-refractivity contribution is 7.99. The standard InChI is InChI=1S/C28H31NO6S2/c1-34-25-15-12-24(13-16-25)21-36-27(17-14-22-8-4-2-5-9-22)26(18-19-37(31,32)33)29-28(30)35-20-23-10-6-3-7-11-23/h2-13,15-16,18-19,26-27H,14,17,20-21H2,1H3,(H,29,30)(H,31,32,33). The molecular weight excluding hydrogens is 510 g/mol. The highest BCUT2D eigenvalue weighted by Gasteiger charge is 2.23. The molecule has 0 bridgehead atoms. The Balaban J connectivity index is 1.76. The van der Waals surface area contributed by atoms with Gasteiger partial charge >= 0.3 is 6.09 Å². The van der Waals surface area contributed by atoms with Crippen molar-refractivity contribution >= 4 is 28.0 Å². The van der Waals surface area contributed by atoms with Gasteiger partial charge in [-0.05, 0) is 47.7 Å². The topological polar surface area (TPSA) is 102 Å². The maximum absolute atomic E-state index is 12.7. The first-order valence-corrected chi connectivity index (χ1v) is 14.3. The Labute approximate surface area is 222 Å². The third-order valence-corrected chi connectivity index (χ3v) is 7.50. The van der Waals surface area contributed by atoms with Gasteiger partial charge in [0.2, 0.25) is 0 Å². The number of rotatable bonds is 13. The van der Waals surface area contributed by atoms with Crippen LogP contribution in [0.3, 0.4) is 0 Å². The summed E-state index contributed by atoms with van der Waals surface area (Å²) in [6.07, 6.45) is 1.99. The number of nitrogens with one attached hydrogen (secondary N) is 1. The van der Waals surface area contributed by atoms with Gasteiger partial charge in [0.05, 0.1) is 18.6 Å². The summed E-state index contributed by atoms with van der Waals surface area (Å²) < 4.78 is 42.9. The van der Waals surface area contributed by atoms with E-state index in [0.717, 1.165) is 28.9 Å². The molecule has 2 N–H and O–H groups in total. The number of hydrogen-bond donors (Lipinski definition) is 2. The van der Waals surface area contributed by atoms with Crippen LogP contribution in [-0.2, 0) is 33.6 Å². The smallest absolute Gasteiger partial charge is 0.407 e. The maximum Gasteiger partial charge on any atom is 0.407 e. The zero-order valence-electron chi connectivity index (χ0n) is 20.5. The van der Waals surface area contributed by atoms with Crippen molar-refractivity contribution in [3.05, 3.63) is 113 Å². The largest absolute Gasteiger partial charge is 0.497 e. The van der Waals surface area contributed by atoms with E-state index in [4.69, 9.17) is 9.47 Å². The molecule has 0 aliphatic rings. The summed E-state index contributed by atoms with van der Waals surface area (Å²) in [5.74, 6) is 1.38. The van der Waals surface area contributed by atoms with E-state index in [2.05, 4.69) is 5.32 Å². The molecule has 0 fully saturated rings. The number of hydrogen-bond acceptors (Lipinski definition) is 6. The summed E-state index contributed by atoms with van der Waals surface area (Å²) in [5, 5.41) is 3.28. The Morgan fingerprint density at radius 1 is 0.946 bits per heavy atom. The van der Waals surface area contributed by atoms with E-state index >= 15 is 0 Å². The van der Waals surface area contributed by atoms with Crippen molar-refractivity contribution in [3.8, 4) is 5.75 Å². The lowest BCUT2D eigenvalue weighted by atomic mass is 10.0. The normalized spacial score (nSPS) is 13.1. The van der Waals surface area contributed by atoms with Crippen LogP contribution >= 0.6 is 11.8 Å². The fraction of sp³-hybridized carbons (Fsp3) is 0.250. The number of ether oxygens (including phenoxy) is 2. The summed E-state index contributed by atoms with van der Waals surface area (Å²) in [6, 6.07) is 26.2. The van der Waals surface area contributed by atoms with Gasteiger partial charge in [0.15, 0.2) is 0 Å². The van der Waals surface area contributed by atoms with Gasteiger partial charge in [-0.15, -0.1) is 0 Å². The molecule has 1 amide bonds. The minimum atomic E-state index is -4.38. The van der Waals surface area contributed by atoms with Gasteiger partial charge in [-0.2, -0.15) is 20.2 Å². The predicted octanol–water partition coefficient (Wildman–Crippen LogP) is 5.63. The van der Waals surface area contributed by atoms with Crippen LogP contribution < -0.4 is 10.1 Å². The Kier molecular flexibility index (Phi) is 11.1. The zero-order valence-corrected chi connectivity index (χ0v) is 22.2. The van der Waals surface area contributed by atoms with E-state index in [1.54, 1.807) is 18.9 Å². The molecule has 196 valence electrons. The first-order valence-electron chi connectivity index (χ1n) is 11.7. The summed E-state index contributed by atoms with van der Waals surface area (Å²) in [4.78, 5) is 12.7. The quantitative estimate of drug-likeness (QED) is 0.271. The second-order valence-electron chi connectivity index (χ2n) is 8.30. The Morgan fingerprint density at radius 2 is 1.57 bits per heavy atom. The molecule has 0 spiro atoms. The average molecular weight is 542 g/mol. The Bertz CT molecular complexity index is 1230. The minimum Gasteiger partial charge on any atom is -0.497 e. The van der Waals surface area contributed by atoms with Gasteiger partial charge in [-0.3, -0.25) is 4.55 Å². The van der Waals surface area contributed by atoms with Gasteiger partial charge in [-0.1, -0.05) is 72.8 Å². The van der Waals surface area contributed by atoms with E-state index in [1.165, 1.54) is 6.08 Å². The molecule has 0 saturated heterocycles. The van der Waals surface area contributed by atoms with Crippen LogP contribution in [0.25, 0.3) is 0 Å². The number of methoxy groups -OCH3 is 1. The number of thioether (sulfide) groups is 1. The molecule has 9 heteroatoms. The van der Waals surface area contributed by atoms with Crippen molar-refractivity contribution in [2.75, 3.05) is 7.11 Å². The van der Waals surface area contributed by atoms with Gasteiger partial charge in [0, 0.05) is 11.0 Å². The van der Waals surface area contributed by atoms with Crippen LogP contribution in [0.5, 0.6) is 5.75 Å². The average Bonchev–Trinajstić information content (AvgIpc) is 2.91. The molecule has 0 heterocycles. The number of carbonyl (C=O) groups is 1. The molecule has 3 aromatic rings. The highest BCUT2D eigenvalue weighted by Crippen LogP contribution is 2.27. The SMILES string of the molecule is COc1ccc(CSC(CCc2ccccc2)C(C=CS(=O)(=O)O)NC(=O)OCc2ccccc2)cc1. The number of benzene rings is 3. The Hall–Kier alpha value is -3.27. The van der Waals surface area contributed by atoms with E-state index in [9.17, 15) is 17.8 Å². The fourth-order valence-corrected chi connectivity index (χ4v) is 5.21. The highest BCUT2D eigenvalue weighted by atomic mass is 32.2. The minimum absolute atomic E-state index is 0.0785. The molecule has 0 saturated carbocycles. The lowest BCUT2D eigenvalue weighted by Crippen LogP contribution is -2.41. The van der Waals surface area contributed by atoms with E-state index in [1.807, 2.05) is 84.9 Å². The first kappa shape index (κ1) is 28.3. The number of alkyl carbamates (subject to hydrolysis) is 1. The lowest BCUT2D eigenvalue weighted by molar-refractivity contribution is 0.137. The first-order chi connectivity index (χ1) is 17.8. The van der Waals surface area contributed by atoms with Crippen LogP contribution in [0.2, 0.25) is 0 Å². The van der Waals surface area contributed by atoms with E-state index in [-0.39, 0.29) is 11.9 Å². The van der Waals surface area contributed by atoms with Crippen molar-refractivity contribution in [1.29, 1.82) is 0 Å². The maximum atomic E-state index is 12.7. The van der Waals surface area contributed by atoms with E-state index < -0.39 is 22.3 Å². The number of aryl methyl sites for hydroxylation is 1. The Morgan fingerprint density at radius 3 is 2.16 bits per heavy atom. The van der Waals surface area contributed by atoms with Crippen LogP contribution in [0.15, 0.2) is 96.4 Å². The molecule has 0 aliphatic carbocycles. The molecule has 0 radical (unpaired) electrons. The molecule has 0 aliphatic heterocycles. The number of carbonyl (C=O) groups excluding carboxylic acids is 1. The third-order valence-electron chi connectivity index (χ3n) is 5.54. The predicted molar refractivity (Wildman–Crippen MR) is 147 cm³/mol. The zero-order chi connectivity index (χ0) is 26.5. The van der Waals surface area contributed by atoms with Gasteiger partial charge < -0.3 is 14.8 Å². The molecule has 3 aromatic carbocycles. The molecule has 2 atom stereocenters. The van der Waals surface area contributed by atoms with Gasteiger partial charge in [-0.25, -0.2) is 4.79 Å². The molecule has 0 aromatic heterocycles. The summed E-state index contributed by atoms with van der Waals surface area (Å²) >= 11 is 1.58. The summed E-state index contributed by atoms with van der Waals surface area (Å²) in [7, 11) is -2.77. The summed E-state index contributed by atoms with van der Waals surface area (Å²) in [5.41, 5.74) is 3.01. The van der Waals surface area contributed by atoms with Crippen LogP contribution in [0.4, 0.5) is 4.79 Å². The summed E-state index contributed by atoms with van der Waals surface area (Å²) in [6.45, 7) is 0.0785. The van der Waals surface area contributed by atoms with Crippen molar-refractivity contribution in [2.24, 2.45) is 0 Å². The number of amides is 1. The molecule has 37 heavy (non-hydrogen) atoms. The third kappa shape index (κ3) is 10.7. The van der Waals surface area contributed by atoms with Crippen molar-refractivity contribution < 1.29 is 27.2 Å².